The van der Waals surface area contributed by atoms with E-state index in [0.717, 1.165) is 6.42 Å². The Hall–Kier alpha value is -0.360. The normalized spacial score (nSPS) is 14.4. The maximum absolute atomic E-state index is 6.19. The van der Waals surface area contributed by atoms with E-state index < -0.39 is 5.79 Å². The summed E-state index contributed by atoms with van der Waals surface area (Å²) >= 11 is 12.1. The van der Waals surface area contributed by atoms with Crippen LogP contribution in [0.1, 0.15) is 12.0 Å². The zero-order valence-electron chi connectivity index (χ0n) is 11.1. The van der Waals surface area contributed by atoms with Gasteiger partial charge >= 0.3 is 0 Å². The molecule has 1 atom stereocenters. The fraction of sp³-hybridized carbons (Fsp3) is 0.538. The molecule has 0 spiro atoms. The van der Waals surface area contributed by atoms with Gasteiger partial charge < -0.3 is 19.9 Å². The van der Waals surface area contributed by atoms with Gasteiger partial charge in [0.2, 0.25) is 5.79 Å². The predicted molar refractivity (Wildman–Crippen MR) is 76.6 cm³/mol. The van der Waals surface area contributed by atoms with Gasteiger partial charge in [-0.3, -0.25) is 0 Å². The van der Waals surface area contributed by atoms with Crippen LogP contribution in [0.15, 0.2) is 18.2 Å². The third-order valence-electron chi connectivity index (χ3n) is 2.77. The molecular formula is C13H19Cl2NO3. The molecule has 1 rings (SSSR count). The molecule has 0 bridgehead atoms. The van der Waals surface area contributed by atoms with Crippen molar-refractivity contribution in [3.8, 4) is 0 Å². The summed E-state index contributed by atoms with van der Waals surface area (Å²) in [6, 6.07) is 5.13. The standard InChI is InChI=1S/C13H19Cl2NO3/c1-17-6-3-7-19-13(9-16,18-2)11-5-4-10(14)8-12(11)15/h4-5,8H,3,6-7,9,16H2,1-2H3. The van der Waals surface area contributed by atoms with E-state index in [4.69, 9.17) is 43.1 Å². The fourth-order valence-corrected chi connectivity index (χ4v) is 2.29. The van der Waals surface area contributed by atoms with E-state index in [9.17, 15) is 0 Å². The maximum Gasteiger partial charge on any atom is 0.208 e. The third kappa shape index (κ3) is 4.31. The first-order valence-electron chi connectivity index (χ1n) is 5.93. The van der Waals surface area contributed by atoms with Crippen LogP contribution < -0.4 is 5.73 Å². The van der Waals surface area contributed by atoms with Gasteiger partial charge in [0.05, 0.1) is 18.2 Å². The van der Waals surface area contributed by atoms with Crippen molar-refractivity contribution in [2.24, 2.45) is 5.73 Å². The highest BCUT2D eigenvalue weighted by molar-refractivity contribution is 6.35. The topological polar surface area (TPSA) is 53.7 Å². The highest BCUT2D eigenvalue weighted by Gasteiger charge is 2.33. The molecule has 4 nitrogen and oxygen atoms in total. The Kier molecular flexibility index (Phi) is 7.07. The van der Waals surface area contributed by atoms with E-state index in [1.54, 1.807) is 25.3 Å². The highest BCUT2D eigenvalue weighted by atomic mass is 35.5. The van der Waals surface area contributed by atoms with Crippen molar-refractivity contribution in [3.05, 3.63) is 33.8 Å². The number of hydrogen-bond acceptors (Lipinski definition) is 4. The molecule has 0 heterocycles. The number of hydrogen-bond donors (Lipinski definition) is 1. The summed E-state index contributed by atoms with van der Waals surface area (Å²) in [6.45, 7) is 1.22. The largest absolute Gasteiger partial charge is 0.385 e. The van der Waals surface area contributed by atoms with Gasteiger partial charge in [0.15, 0.2) is 0 Å². The van der Waals surface area contributed by atoms with Gasteiger partial charge in [-0.2, -0.15) is 0 Å². The summed E-state index contributed by atoms with van der Waals surface area (Å²) in [4.78, 5) is 0. The van der Waals surface area contributed by atoms with Crippen LogP contribution in [0.5, 0.6) is 0 Å². The Morgan fingerprint density at radius 2 is 1.95 bits per heavy atom. The van der Waals surface area contributed by atoms with Crippen molar-refractivity contribution in [2.75, 3.05) is 34.0 Å². The van der Waals surface area contributed by atoms with E-state index in [0.29, 0.717) is 28.8 Å². The first-order chi connectivity index (χ1) is 9.09. The van der Waals surface area contributed by atoms with Crippen LogP contribution in [-0.4, -0.2) is 34.0 Å². The molecule has 19 heavy (non-hydrogen) atoms. The number of halogens is 2. The summed E-state index contributed by atoms with van der Waals surface area (Å²) < 4.78 is 16.2. The van der Waals surface area contributed by atoms with Gasteiger partial charge in [0, 0.05) is 31.4 Å². The van der Waals surface area contributed by atoms with Gasteiger partial charge in [0.1, 0.15) is 0 Å². The van der Waals surface area contributed by atoms with Crippen LogP contribution in [0, 0.1) is 0 Å². The van der Waals surface area contributed by atoms with Gasteiger partial charge in [0.25, 0.3) is 0 Å². The van der Waals surface area contributed by atoms with Crippen LogP contribution in [-0.2, 0) is 20.0 Å². The molecule has 0 aliphatic carbocycles. The van der Waals surface area contributed by atoms with Crippen molar-refractivity contribution in [3.63, 3.8) is 0 Å². The second-order valence-electron chi connectivity index (χ2n) is 3.98. The zero-order chi connectivity index (χ0) is 14.3. The molecule has 0 amide bonds. The molecule has 1 aromatic carbocycles. The minimum Gasteiger partial charge on any atom is -0.385 e. The van der Waals surface area contributed by atoms with E-state index in [-0.39, 0.29) is 6.54 Å². The summed E-state index contributed by atoms with van der Waals surface area (Å²) in [5, 5.41) is 1.02. The first kappa shape index (κ1) is 16.7. The Labute approximate surface area is 123 Å². The Morgan fingerprint density at radius 1 is 1.21 bits per heavy atom. The van der Waals surface area contributed by atoms with E-state index >= 15 is 0 Å². The van der Waals surface area contributed by atoms with E-state index in [2.05, 4.69) is 0 Å². The number of methoxy groups -OCH3 is 2. The number of nitrogens with two attached hydrogens (primary N) is 1. The van der Waals surface area contributed by atoms with Gasteiger partial charge in [-0.05, 0) is 18.6 Å². The predicted octanol–water partition coefficient (Wildman–Crippen LogP) is 2.80. The third-order valence-corrected chi connectivity index (χ3v) is 3.32. The van der Waals surface area contributed by atoms with Crippen LogP contribution in [0.25, 0.3) is 0 Å². The molecule has 0 saturated heterocycles. The molecule has 1 aromatic rings. The highest BCUT2D eigenvalue weighted by Crippen LogP contribution is 2.33. The minimum absolute atomic E-state index is 0.151. The van der Waals surface area contributed by atoms with Gasteiger partial charge in [-0.1, -0.05) is 29.3 Å². The van der Waals surface area contributed by atoms with Gasteiger partial charge in [-0.25, -0.2) is 0 Å². The number of benzene rings is 1. The summed E-state index contributed by atoms with van der Waals surface area (Å²) in [5.41, 5.74) is 6.47. The molecular weight excluding hydrogens is 289 g/mol. The molecule has 1 unspecified atom stereocenters. The monoisotopic (exact) mass is 307 g/mol. The lowest BCUT2D eigenvalue weighted by Gasteiger charge is -2.32. The van der Waals surface area contributed by atoms with Crippen molar-refractivity contribution >= 4 is 23.2 Å². The molecule has 0 aliphatic heterocycles. The summed E-state index contributed by atoms with van der Waals surface area (Å²) in [7, 11) is 3.18. The quantitative estimate of drug-likeness (QED) is 0.593. The molecule has 0 radical (unpaired) electrons. The minimum atomic E-state index is -1.06. The van der Waals surface area contributed by atoms with E-state index in [1.165, 1.54) is 7.11 Å². The van der Waals surface area contributed by atoms with Crippen molar-refractivity contribution < 1.29 is 14.2 Å². The van der Waals surface area contributed by atoms with Crippen LogP contribution in [0.2, 0.25) is 10.0 Å². The molecule has 0 aromatic heterocycles. The van der Waals surface area contributed by atoms with Gasteiger partial charge in [-0.15, -0.1) is 0 Å². The SMILES string of the molecule is COCCCOC(CN)(OC)c1ccc(Cl)cc1Cl. The Bertz CT molecular complexity index is 397. The van der Waals surface area contributed by atoms with Crippen molar-refractivity contribution in [2.45, 2.75) is 12.2 Å². The lowest BCUT2D eigenvalue weighted by Crippen LogP contribution is -2.40. The molecule has 108 valence electrons. The lowest BCUT2D eigenvalue weighted by molar-refractivity contribution is -0.226. The van der Waals surface area contributed by atoms with Crippen molar-refractivity contribution in [1.29, 1.82) is 0 Å². The molecule has 0 saturated carbocycles. The lowest BCUT2D eigenvalue weighted by atomic mass is 10.1. The van der Waals surface area contributed by atoms with Crippen molar-refractivity contribution in [1.82, 2.24) is 0 Å². The van der Waals surface area contributed by atoms with Crippen LogP contribution >= 0.6 is 23.2 Å². The molecule has 0 aliphatic rings. The Morgan fingerprint density at radius 3 is 2.47 bits per heavy atom. The number of ether oxygens (including phenoxy) is 3. The van der Waals surface area contributed by atoms with Crippen LogP contribution in [0.3, 0.4) is 0 Å². The van der Waals surface area contributed by atoms with E-state index in [1.807, 2.05) is 0 Å². The molecule has 0 fully saturated rings. The summed E-state index contributed by atoms with van der Waals surface area (Å²) in [5.74, 6) is -1.06. The second-order valence-corrected chi connectivity index (χ2v) is 4.82. The smallest absolute Gasteiger partial charge is 0.208 e. The summed E-state index contributed by atoms with van der Waals surface area (Å²) in [6.07, 6.45) is 0.743. The average Bonchev–Trinajstić information content (AvgIpc) is 2.41. The fourth-order valence-electron chi connectivity index (χ4n) is 1.74. The molecule has 2 N–H and O–H groups in total. The molecule has 6 heteroatoms. The van der Waals surface area contributed by atoms with Crippen LogP contribution in [0.4, 0.5) is 0 Å². The maximum atomic E-state index is 6.19. The second kappa shape index (κ2) is 8.04. The first-order valence-corrected chi connectivity index (χ1v) is 6.69. The Balaban J connectivity index is 2.90. The number of rotatable bonds is 8. The average molecular weight is 308 g/mol. The zero-order valence-corrected chi connectivity index (χ0v) is 12.6.